The Morgan fingerprint density at radius 2 is 1.85 bits per heavy atom. The molecule has 0 bridgehead atoms. The number of nitrogens with zero attached hydrogens (tertiary/aromatic N) is 1. The van der Waals surface area contributed by atoms with Crippen molar-refractivity contribution in [1.29, 1.82) is 0 Å². The van der Waals surface area contributed by atoms with Gasteiger partial charge in [-0.2, -0.15) is 0 Å². The molecule has 0 aliphatic carbocycles. The van der Waals surface area contributed by atoms with Crippen LogP contribution in [-0.2, 0) is 0 Å². The number of anilines is 1. The fraction of sp³-hybridized carbons (Fsp3) is 0.348. The fourth-order valence-electron chi connectivity index (χ4n) is 4.33. The standard InChI is InChI=1S/C23H24ClNOS/c1-13-10-17-15(3)12-23(4,5)25(18(17)11-14(13)2)22(26)21-20(24)16-8-6-7-9-19(16)27-21/h6-11,15H,12H2,1-5H3. The van der Waals surface area contributed by atoms with Crippen molar-refractivity contribution in [3.63, 3.8) is 0 Å². The number of hydrogen-bond acceptors (Lipinski definition) is 2. The first-order valence-electron chi connectivity index (χ1n) is 9.33. The summed E-state index contributed by atoms with van der Waals surface area (Å²) in [4.78, 5) is 16.3. The van der Waals surface area contributed by atoms with Gasteiger partial charge in [0, 0.05) is 21.3 Å². The molecule has 27 heavy (non-hydrogen) atoms. The van der Waals surface area contributed by atoms with E-state index in [4.69, 9.17) is 11.6 Å². The Morgan fingerprint density at radius 1 is 1.19 bits per heavy atom. The highest BCUT2D eigenvalue weighted by Crippen LogP contribution is 2.46. The zero-order valence-corrected chi connectivity index (χ0v) is 18.0. The highest BCUT2D eigenvalue weighted by molar-refractivity contribution is 7.21. The van der Waals surface area contributed by atoms with Crippen molar-refractivity contribution in [2.24, 2.45) is 0 Å². The molecule has 3 aromatic rings. The first kappa shape index (κ1) is 18.5. The largest absolute Gasteiger partial charge is 0.302 e. The van der Waals surface area contributed by atoms with Crippen LogP contribution < -0.4 is 4.90 Å². The molecule has 2 nitrogen and oxygen atoms in total. The second kappa shape index (κ2) is 6.35. The minimum absolute atomic E-state index is 0.00241. The van der Waals surface area contributed by atoms with Crippen molar-refractivity contribution >= 4 is 44.6 Å². The summed E-state index contributed by atoms with van der Waals surface area (Å²) >= 11 is 8.13. The summed E-state index contributed by atoms with van der Waals surface area (Å²) in [7, 11) is 0. The molecule has 1 aliphatic rings. The molecule has 140 valence electrons. The summed E-state index contributed by atoms with van der Waals surface area (Å²) < 4.78 is 1.05. The Balaban J connectivity index is 1.91. The first-order valence-corrected chi connectivity index (χ1v) is 10.5. The summed E-state index contributed by atoms with van der Waals surface area (Å²) in [6.45, 7) is 10.8. The summed E-state index contributed by atoms with van der Waals surface area (Å²) in [5.74, 6) is 0.416. The van der Waals surface area contributed by atoms with E-state index >= 15 is 0 Å². The van der Waals surface area contributed by atoms with Gasteiger partial charge in [-0.15, -0.1) is 11.3 Å². The smallest absolute Gasteiger partial charge is 0.270 e. The van der Waals surface area contributed by atoms with Crippen LogP contribution in [0.15, 0.2) is 36.4 Å². The van der Waals surface area contributed by atoms with Gasteiger partial charge < -0.3 is 4.90 Å². The van der Waals surface area contributed by atoms with E-state index < -0.39 is 0 Å². The van der Waals surface area contributed by atoms with Crippen molar-refractivity contribution in [1.82, 2.24) is 0 Å². The molecule has 0 saturated carbocycles. The molecule has 4 rings (SSSR count). The number of rotatable bonds is 1. The van der Waals surface area contributed by atoms with E-state index in [1.54, 1.807) is 0 Å². The number of aryl methyl sites for hydroxylation is 2. The summed E-state index contributed by atoms with van der Waals surface area (Å²) in [5, 5.41) is 1.52. The Morgan fingerprint density at radius 3 is 2.56 bits per heavy atom. The highest BCUT2D eigenvalue weighted by Gasteiger charge is 2.41. The number of thiophene rings is 1. The molecule has 0 N–H and O–H groups in total. The molecule has 1 unspecified atom stereocenters. The van der Waals surface area contributed by atoms with E-state index in [-0.39, 0.29) is 11.4 Å². The lowest BCUT2D eigenvalue weighted by atomic mass is 9.79. The van der Waals surface area contributed by atoms with Gasteiger partial charge in [0.15, 0.2) is 0 Å². The molecular weight excluding hydrogens is 374 g/mol. The number of carbonyl (C=O) groups excluding carboxylic acids is 1. The van der Waals surface area contributed by atoms with Crippen LogP contribution in [0.1, 0.15) is 59.5 Å². The van der Waals surface area contributed by atoms with Gasteiger partial charge in [0.05, 0.1) is 5.02 Å². The highest BCUT2D eigenvalue weighted by atomic mass is 35.5. The van der Waals surface area contributed by atoms with Crippen LogP contribution in [0, 0.1) is 13.8 Å². The van der Waals surface area contributed by atoms with Gasteiger partial charge in [0.25, 0.3) is 5.91 Å². The van der Waals surface area contributed by atoms with E-state index in [0.717, 1.165) is 22.2 Å². The van der Waals surface area contributed by atoms with Crippen LogP contribution in [-0.4, -0.2) is 11.4 Å². The number of benzene rings is 2. The Labute approximate surface area is 169 Å². The number of fused-ring (bicyclic) bond motifs is 2. The lowest BCUT2D eigenvalue weighted by Crippen LogP contribution is -2.51. The van der Waals surface area contributed by atoms with Crippen LogP contribution in [0.25, 0.3) is 10.1 Å². The number of amides is 1. The zero-order valence-electron chi connectivity index (χ0n) is 16.4. The number of hydrogen-bond donors (Lipinski definition) is 0. The molecule has 1 atom stereocenters. The summed E-state index contributed by atoms with van der Waals surface area (Å²) in [5.41, 5.74) is 4.49. The van der Waals surface area contributed by atoms with E-state index in [1.807, 2.05) is 29.2 Å². The SMILES string of the molecule is Cc1cc2c(cc1C)N(C(=O)c1sc3ccccc3c1Cl)C(C)(C)CC2C. The Kier molecular flexibility index (Phi) is 4.36. The fourth-order valence-corrected chi connectivity index (χ4v) is 5.77. The summed E-state index contributed by atoms with van der Waals surface area (Å²) in [6, 6.07) is 12.4. The van der Waals surface area contributed by atoms with Crippen LogP contribution >= 0.6 is 22.9 Å². The van der Waals surface area contributed by atoms with Gasteiger partial charge in [-0.3, -0.25) is 4.79 Å². The number of carbonyl (C=O) groups is 1. The minimum Gasteiger partial charge on any atom is -0.302 e. The monoisotopic (exact) mass is 397 g/mol. The lowest BCUT2D eigenvalue weighted by Gasteiger charge is -2.46. The topological polar surface area (TPSA) is 20.3 Å². The van der Waals surface area contributed by atoms with Crippen molar-refractivity contribution in [2.45, 2.75) is 52.5 Å². The average molecular weight is 398 g/mol. The van der Waals surface area contributed by atoms with E-state index in [1.165, 1.54) is 28.0 Å². The van der Waals surface area contributed by atoms with Crippen LogP contribution in [0.2, 0.25) is 5.02 Å². The second-order valence-electron chi connectivity index (χ2n) is 8.29. The minimum atomic E-state index is -0.273. The zero-order chi connectivity index (χ0) is 19.5. The van der Waals surface area contributed by atoms with Gasteiger partial charge in [0.1, 0.15) is 4.88 Å². The van der Waals surface area contributed by atoms with Gasteiger partial charge in [0.2, 0.25) is 0 Å². The van der Waals surface area contributed by atoms with Crippen LogP contribution in [0.5, 0.6) is 0 Å². The van der Waals surface area contributed by atoms with Gasteiger partial charge in [-0.25, -0.2) is 0 Å². The molecular formula is C23H24ClNOS. The molecule has 0 fully saturated rings. The molecule has 1 amide bonds. The van der Waals surface area contributed by atoms with Crippen LogP contribution in [0.4, 0.5) is 5.69 Å². The lowest BCUT2D eigenvalue weighted by molar-refractivity contribution is 0.0958. The van der Waals surface area contributed by atoms with E-state index in [2.05, 4.69) is 46.8 Å². The van der Waals surface area contributed by atoms with Crippen molar-refractivity contribution in [3.8, 4) is 0 Å². The first-order chi connectivity index (χ1) is 12.7. The second-order valence-corrected chi connectivity index (χ2v) is 9.72. The molecule has 1 aromatic heterocycles. The summed E-state index contributed by atoms with van der Waals surface area (Å²) in [6.07, 6.45) is 0.927. The maximum absolute atomic E-state index is 13.7. The Bertz CT molecular complexity index is 1070. The Hall–Kier alpha value is -1.84. The van der Waals surface area contributed by atoms with Crippen molar-refractivity contribution in [3.05, 3.63) is 63.0 Å². The average Bonchev–Trinajstić information content (AvgIpc) is 2.93. The third-order valence-electron chi connectivity index (χ3n) is 5.76. The molecule has 4 heteroatoms. The predicted molar refractivity (Wildman–Crippen MR) is 117 cm³/mol. The van der Waals surface area contributed by atoms with E-state index in [0.29, 0.717) is 15.8 Å². The predicted octanol–water partition coefficient (Wildman–Crippen LogP) is 7.10. The normalized spacial score (nSPS) is 18.6. The number of halogens is 1. The van der Waals surface area contributed by atoms with E-state index in [9.17, 15) is 4.79 Å². The van der Waals surface area contributed by atoms with Gasteiger partial charge >= 0.3 is 0 Å². The van der Waals surface area contributed by atoms with Gasteiger partial charge in [-0.05, 0) is 68.9 Å². The molecule has 2 heterocycles. The maximum atomic E-state index is 13.7. The molecule has 0 saturated heterocycles. The van der Waals surface area contributed by atoms with Crippen LogP contribution in [0.3, 0.4) is 0 Å². The maximum Gasteiger partial charge on any atom is 0.270 e. The van der Waals surface area contributed by atoms with Gasteiger partial charge in [-0.1, -0.05) is 42.8 Å². The molecule has 0 spiro atoms. The molecule has 2 aromatic carbocycles. The quantitative estimate of drug-likeness (QED) is 0.428. The molecule has 1 aliphatic heterocycles. The van der Waals surface area contributed by atoms with Crippen molar-refractivity contribution in [2.75, 3.05) is 4.90 Å². The van der Waals surface area contributed by atoms with Crippen molar-refractivity contribution < 1.29 is 4.79 Å². The third kappa shape index (κ3) is 2.88. The third-order valence-corrected chi connectivity index (χ3v) is 7.42. The molecule has 0 radical (unpaired) electrons.